The molecule has 4 aromatic carbocycles. The van der Waals surface area contributed by atoms with Crippen LogP contribution in [-0.4, -0.2) is 40.6 Å². The molecular formula is C42H54O4. The van der Waals surface area contributed by atoms with Gasteiger partial charge in [0.05, 0.1) is 26.4 Å². The van der Waals surface area contributed by atoms with Gasteiger partial charge in [-0.2, -0.15) is 0 Å². The minimum atomic E-state index is -0.504. The van der Waals surface area contributed by atoms with E-state index in [9.17, 15) is 0 Å². The number of aryl methyl sites for hydroxylation is 6. The Bertz CT molecular complexity index is 1540. The number of hydrogen-bond donors (Lipinski definition) is 0. The monoisotopic (exact) mass is 622 g/mol. The Hall–Kier alpha value is -3.60. The summed E-state index contributed by atoms with van der Waals surface area (Å²) in [7, 11) is 7.10. The lowest BCUT2D eigenvalue weighted by molar-refractivity contribution is -0.0977. The van der Waals surface area contributed by atoms with Gasteiger partial charge in [0.2, 0.25) is 0 Å². The lowest BCUT2D eigenvalue weighted by atomic mass is 9.67. The summed E-state index contributed by atoms with van der Waals surface area (Å²) in [6.45, 7) is 21.9. The van der Waals surface area contributed by atoms with E-state index in [4.69, 9.17) is 18.9 Å². The fourth-order valence-electron chi connectivity index (χ4n) is 8.03. The van der Waals surface area contributed by atoms with Crippen molar-refractivity contribution < 1.29 is 18.9 Å². The molecule has 4 rings (SSSR count). The Kier molecular flexibility index (Phi) is 10.4. The average molecular weight is 623 g/mol. The predicted octanol–water partition coefficient (Wildman–Crippen LogP) is 10.2. The summed E-state index contributed by atoms with van der Waals surface area (Å²) < 4.78 is 25.4. The highest BCUT2D eigenvalue weighted by molar-refractivity contribution is 5.79. The molecule has 0 aliphatic carbocycles. The van der Waals surface area contributed by atoms with E-state index < -0.39 is 10.8 Å². The fourth-order valence-corrected chi connectivity index (χ4v) is 8.03. The zero-order valence-electron chi connectivity index (χ0n) is 30.6. The smallest absolute Gasteiger partial charge is 0.130 e. The highest BCUT2D eigenvalue weighted by atomic mass is 16.5. The van der Waals surface area contributed by atoms with Crippen LogP contribution in [0.5, 0.6) is 11.5 Å². The molecule has 0 radical (unpaired) electrons. The molecule has 46 heavy (non-hydrogen) atoms. The molecular weight excluding hydrogens is 568 g/mol. The molecule has 0 saturated carbocycles. The number of rotatable bonds is 11. The number of ether oxygens (including phenoxy) is 4. The van der Waals surface area contributed by atoms with E-state index >= 15 is 0 Å². The molecule has 0 amide bonds. The summed E-state index contributed by atoms with van der Waals surface area (Å²) in [5.41, 5.74) is 13.2. The van der Waals surface area contributed by atoms with Crippen LogP contribution in [0.3, 0.4) is 0 Å². The molecule has 4 heteroatoms. The van der Waals surface area contributed by atoms with Crippen LogP contribution in [-0.2, 0) is 20.3 Å². The molecule has 0 aromatic heterocycles. The Morgan fingerprint density at radius 1 is 0.478 bits per heavy atom. The van der Waals surface area contributed by atoms with E-state index in [1.807, 2.05) is 0 Å². The third-order valence-electron chi connectivity index (χ3n) is 9.92. The van der Waals surface area contributed by atoms with Crippen molar-refractivity contribution in [2.24, 2.45) is 0 Å². The minimum Gasteiger partial charge on any atom is -0.496 e. The number of methoxy groups -OCH3 is 4. The van der Waals surface area contributed by atoms with Gasteiger partial charge in [0.25, 0.3) is 0 Å². The summed E-state index contributed by atoms with van der Waals surface area (Å²) in [4.78, 5) is 0. The maximum Gasteiger partial charge on any atom is 0.130 e. The Morgan fingerprint density at radius 2 is 0.783 bits per heavy atom. The predicted molar refractivity (Wildman–Crippen MR) is 193 cm³/mol. The molecule has 0 bridgehead atoms. The minimum absolute atomic E-state index is 0.340. The third-order valence-corrected chi connectivity index (χ3v) is 9.92. The van der Waals surface area contributed by atoms with E-state index in [1.54, 1.807) is 28.4 Å². The van der Waals surface area contributed by atoms with Crippen LogP contribution in [0.25, 0.3) is 22.3 Å². The SMILES string of the molecule is COc1c(-c2c(C)cc(C)cc2C)cccc1C(C)(C)[C@@H](OC)[C@H](OC)C(C)(C)c1cccc(-c2c(C)cc(C)cc2C)c1OC. The lowest BCUT2D eigenvalue weighted by Crippen LogP contribution is -2.53. The van der Waals surface area contributed by atoms with Crippen LogP contribution in [0.4, 0.5) is 0 Å². The average Bonchev–Trinajstić information content (AvgIpc) is 2.98. The number of hydrogen-bond acceptors (Lipinski definition) is 4. The van der Waals surface area contributed by atoms with Gasteiger partial charge in [-0.15, -0.1) is 0 Å². The van der Waals surface area contributed by atoms with Crippen LogP contribution in [0.1, 0.15) is 72.2 Å². The summed E-state index contributed by atoms with van der Waals surface area (Å²) in [5.74, 6) is 1.73. The first-order valence-corrected chi connectivity index (χ1v) is 16.2. The van der Waals surface area contributed by atoms with Crippen molar-refractivity contribution >= 4 is 0 Å². The summed E-state index contributed by atoms with van der Waals surface area (Å²) in [6, 6.07) is 21.9. The summed E-state index contributed by atoms with van der Waals surface area (Å²) in [5, 5.41) is 0. The molecule has 4 aromatic rings. The van der Waals surface area contributed by atoms with E-state index in [1.165, 1.54) is 44.5 Å². The molecule has 0 aliphatic rings. The highest BCUT2D eigenvalue weighted by Crippen LogP contribution is 2.49. The zero-order chi connectivity index (χ0) is 34.1. The van der Waals surface area contributed by atoms with Gasteiger partial charge >= 0.3 is 0 Å². The van der Waals surface area contributed by atoms with Crippen LogP contribution < -0.4 is 9.47 Å². The van der Waals surface area contributed by atoms with Gasteiger partial charge in [-0.05, 0) is 74.9 Å². The molecule has 0 N–H and O–H groups in total. The van der Waals surface area contributed by atoms with Crippen molar-refractivity contribution in [2.75, 3.05) is 28.4 Å². The molecule has 246 valence electrons. The molecule has 0 fully saturated rings. The van der Waals surface area contributed by atoms with Crippen molar-refractivity contribution in [3.8, 4) is 33.8 Å². The highest BCUT2D eigenvalue weighted by Gasteiger charge is 2.48. The van der Waals surface area contributed by atoms with Crippen LogP contribution in [0.15, 0.2) is 60.7 Å². The molecule has 2 atom stereocenters. The van der Waals surface area contributed by atoms with Gasteiger partial charge in [0, 0.05) is 47.3 Å². The lowest BCUT2D eigenvalue weighted by Gasteiger charge is -2.45. The van der Waals surface area contributed by atoms with Crippen LogP contribution in [0.2, 0.25) is 0 Å². The van der Waals surface area contributed by atoms with Gasteiger partial charge < -0.3 is 18.9 Å². The largest absolute Gasteiger partial charge is 0.496 e. The topological polar surface area (TPSA) is 36.9 Å². The molecule has 0 unspecified atom stereocenters. The fraction of sp³-hybridized carbons (Fsp3) is 0.429. The van der Waals surface area contributed by atoms with E-state index in [0.29, 0.717) is 0 Å². The Balaban J connectivity index is 1.88. The quantitative estimate of drug-likeness (QED) is 0.167. The second-order valence-corrected chi connectivity index (χ2v) is 14.1. The van der Waals surface area contributed by atoms with Gasteiger partial charge in [-0.3, -0.25) is 0 Å². The Morgan fingerprint density at radius 3 is 1.04 bits per heavy atom. The van der Waals surface area contributed by atoms with Gasteiger partial charge in [0.1, 0.15) is 11.5 Å². The van der Waals surface area contributed by atoms with Crippen molar-refractivity contribution in [3.05, 3.63) is 105 Å². The number of benzene rings is 4. The third kappa shape index (κ3) is 6.22. The van der Waals surface area contributed by atoms with Crippen LogP contribution in [0, 0.1) is 41.5 Å². The van der Waals surface area contributed by atoms with Gasteiger partial charge in [0.15, 0.2) is 0 Å². The molecule has 0 aliphatic heterocycles. The molecule has 0 heterocycles. The van der Waals surface area contributed by atoms with Crippen molar-refractivity contribution in [1.82, 2.24) is 0 Å². The van der Waals surface area contributed by atoms with E-state index in [2.05, 4.69) is 130 Å². The maximum atomic E-state index is 6.46. The number of para-hydroxylation sites is 2. The molecule has 0 spiro atoms. The zero-order valence-corrected chi connectivity index (χ0v) is 30.6. The Labute approximate surface area is 278 Å². The normalized spacial score (nSPS) is 13.4. The van der Waals surface area contributed by atoms with Crippen molar-refractivity contribution in [3.63, 3.8) is 0 Å². The molecule has 4 nitrogen and oxygen atoms in total. The van der Waals surface area contributed by atoms with Crippen LogP contribution >= 0.6 is 0 Å². The first kappa shape index (κ1) is 35.3. The van der Waals surface area contributed by atoms with Crippen molar-refractivity contribution in [1.29, 1.82) is 0 Å². The summed E-state index contributed by atoms with van der Waals surface area (Å²) >= 11 is 0. The summed E-state index contributed by atoms with van der Waals surface area (Å²) in [6.07, 6.45) is -0.679. The van der Waals surface area contributed by atoms with Gasteiger partial charge in [-0.25, -0.2) is 0 Å². The standard InChI is InChI=1S/C42H54O4/c1-25-21-27(3)35(28(4)22-25)31-17-15-19-33(37(31)43-11)41(7,8)39(45-13)40(46-14)42(9,10)34-20-16-18-32(38(34)44-12)36-29(5)23-26(2)24-30(36)6/h15-24,39-40H,1-14H3/t39-,40-/m0/s1. The van der Waals surface area contributed by atoms with E-state index in [-0.39, 0.29) is 12.2 Å². The second-order valence-electron chi connectivity index (χ2n) is 14.1. The van der Waals surface area contributed by atoms with Gasteiger partial charge in [-0.1, -0.05) is 99.5 Å². The first-order valence-electron chi connectivity index (χ1n) is 16.2. The van der Waals surface area contributed by atoms with Crippen molar-refractivity contribution in [2.45, 2.75) is 92.3 Å². The first-order chi connectivity index (χ1) is 21.6. The second kappa shape index (κ2) is 13.6. The molecule has 0 saturated heterocycles. The maximum absolute atomic E-state index is 6.46. The van der Waals surface area contributed by atoms with E-state index in [0.717, 1.165) is 33.8 Å².